The van der Waals surface area contributed by atoms with E-state index in [1.807, 2.05) is 0 Å². The zero-order valence-electron chi connectivity index (χ0n) is 8.80. The molecule has 0 amide bonds. The van der Waals surface area contributed by atoms with Crippen LogP contribution in [0.4, 0.5) is 8.78 Å². The molecule has 3 nitrogen and oxygen atoms in total. The van der Waals surface area contributed by atoms with Gasteiger partial charge in [-0.25, -0.2) is 8.78 Å². The lowest BCUT2D eigenvalue weighted by Crippen LogP contribution is -2.03. The maximum absolute atomic E-state index is 13.3. The van der Waals surface area contributed by atoms with Gasteiger partial charge >= 0.3 is 5.97 Å². The highest BCUT2D eigenvalue weighted by molar-refractivity contribution is 5.67. The highest BCUT2D eigenvalue weighted by Crippen LogP contribution is 2.17. The Hall–Kier alpha value is -1.49. The average Bonchev–Trinajstić information content (AvgIpc) is 2.21. The van der Waals surface area contributed by atoms with Crippen LogP contribution in [0.1, 0.15) is 17.5 Å². The molecule has 5 heteroatoms. The SMILES string of the molecule is COCc1cc(F)c(F)c(CCC(=O)O)c1. The standard InChI is InChI=1S/C11H12F2O3/c1-16-6-7-4-8(2-3-10(14)15)11(13)9(12)5-7/h4-5H,2-3,6H2,1H3,(H,14,15). The number of halogens is 2. The number of benzene rings is 1. The summed E-state index contributed by atoms with van der Waals surface area (Å²) in [7, 11) is 1.44. The van der Waals surface area contributed by atoms with Crippen molar-refractivity contribution in [3.05, 3.63) is 34.9 Å². The van der Waals surface area contributed by atoms with Gasteiger partial charge in [-0.15, -0.1) is 0 Å². The molecule has 1 rings (SSSR count). The van der Waals surface area contributed by atoms with E-state index in [2.05, 4.69) is 0 Å². The fourth-order valence-corrected chi connectivity index (χ4v) is 1.38. The topological polar surface area (TPSA) is 46.5 Å². The van der Waals surface area contributed by atoms with Crippen molar-refractivity contribution >= 4 is 5.97 Å². The smallest absolute Gasteiger partial charge is 0.303 e. The molecule has 0 unspecified atom stereocenters. The maximum atomic E-state index is 13.3. The first-order chi connectivity index (χ1) is 7.54. The van der Waals surface area contributed by atoms with Gasteiger partial charge in [0.1, 0.15) is 0 Å². The van der Waals surface area contributed by atoms with Crippen molar-refractivity contribution < 1.29 is 23.4 Å². The van der Waals surface area contributed by atoms with E-state index in [1.165, 1.54) is 13.2 Å². The van der Waals surface area contributed by atoms with Crippen LogP contribution in [0.25, 0.3) is 0 Å². The van der Waals surface area contributed by atoms with Crippen molar-refractivity contribution in [3.8, 4) is 0 Å². The molecular formula is C11H12F2O3. The van der Waals surface area contributed by atoms with Crippen molar-refractivity contribution in [2.75, 3.05) is 7.11 Å². The minimum atomic E-state index is -1.04. The highest BCUT2D eigenvalue weighted by atomic mass is 19.2. The monoisotopic (exact) mass is 230 g/mol. The zero-order valence-corrected chi connectivity index (χ0v) is 8.80. The molecule has 1 N–H and O–H groups in total. The molecule has 0 aromatic heterocycles. The van der Waals surface area contributed by atoms with Crippen molar-refractivity contribution in [3.63, 3.8) is 0 Å². The van der Waals surface area contributed by atoms with E-state index in [1.54, 1.807) is 0 Å². The van der Waals surface area contributed by atoms with Gasteiger partial charge in [-0.05, 0) is 23.6 Å². The molecule has 0 atom stereocenters. The van der Waals surface area contributed by atoms with Crippen LogP contribution in [0.3, 0.4) is 0 Å². The first kappa shape index (κ1) is 12.6. The Morgan fingerprint density at radius 2 is 2.12 bits per heavy atom. The summed E-state index contributed by atoms with van der Waals surface area (Å²) in [5.74, 6) is -3.01. The van der Waals surface area contributed by atoms with E-state index in [4.69, 9.17) is 9.84 Å². The molecule has 16 heavy (non-hydrogen) atoms. The van der Waals surface area contributed by atoms with E-state index in [9.17, 15) is 13.6 Å². The zero-order chi connectivity index (χ0) is 12.1. The lowest BCUT2D eigenvalue weighted by Gasteiger charge is -2.06. The second-order valence-corrected chi connectivity index (χ2v) is 3.38. The highest BCUT2D eigenvalue weighted by Gasteiger charge is 2.11. The Kier molecular flexibility index (Phi) is 4.37. The number of carboxylic acids is 1. The van der Waals surface area contributed by atoms with Gasteiger partial charge in [-0.3, -0.25) is 4.79 Å². The van der Waals surface area contributed by atoms with E-state index in [-0.39, 0.29) is 25.0 Å². The molecule has 0 saturated carbocycles. The van der Waals surface area contributed by atoms with Crippen LogP contribution in [0, 0.1) is 11.6 Å². The van der Waals surface area contributed by atoms with Crippen molar-refractivity contribution in [1.82, 2.24) is 0 Å². The number of aryl methyl sites for hydroxylation is 1. The molecular weight excluding hydrogens is 218 g/mol. The van der Waals surface area contributed by atoms with Crippen molar-refractivity contribution in [2.45, 2.75) is 19.4 Å². The Labute approximate surface area is 91.7 Å². The van der Waals surface area contributed by atoms with E-state index >= 15 is 0 Å². The molecule has 0 aliphatic heterocycles. The van der Waals surface area contributed by atoms with Gasteiger partial charge in [-0.1, -0.05) is 6.07 Å². The first-order valence-electron chi connectivity index (χ1n) is 4.72. The van der Waals surface area contributed by atoms with E-state index in [0.717, 1.165) is 6.07 Å². The second-order valence-electron chi connectivity index (χ2n) is 3.38. The second kappa shape index (κ2) is 5.55. The van der Waals surface area contributed by atoms with Gasteiger partial charge in [0.2, 0.25) is 0 Å². The summed E-state index contributed by atoms with van der Waals surface area (Å²) in [6.45, 7) is 0.164. The number of rotatable bonds is 5. The van der Waals surface area contributed by atoms with Gasteiger partial charge in [-0.2, -0.15) is 0 Å². The minimum Gasteiger partial charge on any atom is -0.481 e. The van der Waals surface area contributed by atoms with Crippen LogP contribution in [0.15, 0.2) is 12.1 Å². The Morgan fingerprint density at radius 1 is 1.44 bits per heavy atom. The Bertz CT molecular complexity index is 391. The molecule has 1 aromatic rings. The summed E-state index contributed by atoms with van der Waals surface area (Å²) in [6.07, 6.45) is -0.261. The van der Waals surface area contributed by atoms with Gasteiger partial charge in [0, 0.05) is 13.5 Å². The lowest BCUT2D eigenvalue weighted by molar-refractivity contribution is -0.136. The van der Waals surface area contributed by atoms with Crippen molar-refractivity contribution in [2.24, 2.45) is 0 Å². The molecule has 0 heterocycles. The molecule has 0 radical (unpaired) electrons. The first-order valence-corrected chi connectivity index (χ1v) is 4.72. The lowest BCUT2D eigenvalue weighted by atomic mass is 10.1. The summed E-state index contributed by atoms with van der Waals surface area (Å²) in [5.41, 5.74) is 0.552. The minimum absolute atomic E-state index is 0.0321. The van der Waals surface area contributed by atoms with Crippen LogP contribution >= 0.6 is 0 Å². The maximum Gasteiger partial charge on any atom is 0.303 e. The van der Waals surface area contributed by atoms with Crippen LogP contribution in [0.2, 0.25) is 0 Å². The predicted octanol–water partition coefficient (Wildman–Crippen LogP) is 2.13. The molecule has 0 fully saturated rings. The normalized spacial score (nSPS) is 10.4. The summed E-state index contributed by atoms with van der Waals surface area (Å²) in [4.78, 5) is 10.3. The van der Waals surface area contributed by atoms with Crippen LogP contribution in [0.5, 0.6) is 0 Å². The molecule has 0 aliphatic carbocycles. The fraction of sp³-hybridized carbons (Fsp3) is 0.364. The summed E-state index contributed by atoms with van der Waals surface area (Å²) < 4.78 is 31.2. The van der Waals surface area contributed by atoms with Gasteiger partial charge in [0.05, 0.1) is 6.61 Å². The summed E-state index contributed by atoms with van der Waals surface area (Å²) >= 11 is 0. The third kappa shape index (κ3) is 3.27. The fourth-order valence-electron chi connectivity index (χ4n) is 1.38. The van der Waals surface area contributed by atoms with Gasteiger partial charge < -0.3 is 9.84 Å². The summed E-state index contributed by atoms with van der Waals surface area (Å²) in [5, 5.41) is 8.47. The number of hydrogen-bond acceptors (Lipinski definition) is 2. The van der Waals surface area contributed by atoms with E-state index < -0.39 is 17.6 Å². The number of carbonyl (C=O) groups is 1. The number of methoxy groups -OCH3 is 1. The van der Waals surface area contributed by atoms with E-state index in [0.29, 0.717) is 5.56 Å². The number of ether oxygens (including phenoxy) is 1. The number of carboxylic acid groups (broad SMARTS) is 1. The van der Waals surface area contributed by atoms with Gasteiger partial charge in [0.25, 0.3) is 0 Å². The predicted molar refractivity (Wildman–Crippen MR) is 53.0 cm³/mol. The molecule has 0 saturated heterocycles. The van der Waals surface area contributed by atoms with Crippen molar-refractivity contribution in [1.29, 1.82) is 0 Å². The molecule has 0 bridgehead atoms. The third-order valence-electron chi connectivity index (χ3n) is 2.08. The van der Waals surface area contributed by atoms with Crippen LogP contribution < -0.4 is 0 Å². The average molecular weight is 230 g/mol. The Balaban J connectivity index is 2.92. The largest absolute Gasteiger partial charge is 0.481 e. The van der Waals surface area contributed by atoms with Gasteiger partial charge in [0.15, 0.2) is 11.6 Å². The molecule has 1 aromatic carbocycles. The van der Waals surface area contributed by atoms with Crippen LogP contribution in [-0.2, 0) is 22.6 Å². The number of hydrogen-bond donors (Lipinski definition) is 1. The number of aliphatic carboxylic acids is 1. The Morgan fingerprint density at radius 3 is 2.69 bits per heavy atom. The summed E-state index contributed by atoms with van der Waals surface area (Å²) in [6, 6.07) is 2.47. The molecule has 0 aliphatic rings. The quantitative estimate of drug-likeness (QED) is 0.842. The molecule has 0 spiro atoms. The molecule has 88 valence electrons. The van der Waals surface area contributed by atoms with Crippen LogP contribution in [-0.4, -0.2) is 18.2 Å². The third-order valence-corrected chi connectivity index (χ3v) is 2.08.